The summed E-state index contributed by atoms with van der Waals surface area (Å²) in [6.45, 7) is 6.48. The summed E-state index contributed by atoms with van der Waals surface area (Å²) in [6, 6.07) is 16.9. The zero-order valence-electron chi connectivity index (χ0n) is 14.9. The van der Waals surface area contributed by atoms with Crippen molar-refractivity contribution in [1.82, 2.24) is 4.90 Å². The molecule has 2 aromatic carbocycles. The largest absolute Gasteiger partial charge is 0.463 e. The predicted molar refractivity (Wildman–Crippen MR) is 95.9 cm³/mol. The molecule has 0 spiro atoms. The number of hydrogen-bond donors (Lipinski definition) is 0. The highest BCUT2D eigenvalue weighted by molar-refractivity contribution is 6.01. The summed E-state index contributed by atoms with van der Waals surface area (Å²) in [5.41, 5.74) is 1.18. The molecule has 0 aromatic heterocycles. The van der Waals surface area contributed by atoms with E-state index in [2.05, 4.69) is 0 Å². The van der Waals surface area contributed by atoms with Crippen molar-refractivity contribution in [3.63, 3.8) is 0 Å². The fourth-order valence-electron chi connectivity index (χ4n) is 3.15. The van der Waals surface area contributed by atoms with Crippen LogP contribution >= 0.6 is 0 Å². The van der Waals surface area contributed by atoms with E-state index in [9.17, 15) is 9.59 Å². The second-order valence-corrected chi connectivity index (χ2v) is 6.98. The summed E-state index contributed by atoms with van der Waals surface area (Å²) >= 11 is 0. The van der Waals surface area contributed by atoms with E-state index in [4.69, 9.17) is 4.74 Å². The maximum Gasteiger partial charge on any atom is 0.336 e. The van der Waals surface area contributed by atoms with Crippen molar-refractivity contribution in [2.75, 3.05) is 6.61 Å². The van der Waals surface area contributed by atoms with Crippen LogP contribution in [0.2, 0.25) is 0 Å². The fraction of sp³-hybridized carbons (Fsp3) is 0.333. The van der Waals surface area contributed by atoms with Crippen molar-refractivity contribution in [2.45, 2.75) is 32.9 Å². The summed E-state index contributed by atoms with van der Waals surface area (Å²) in [5.74, 6) is -0.299. The first kappa shape index (κ1) is 17.2. The summed E-state index contributed by atoms with van der Waals surface area (Å²) in [4.78, 5) is 27.6. The lowest BCUT2D eigenvalue weighted by Gasteiger charge is -2.37. The van der Waals surface area contributed by atoms with Gasteiger partial charge in [-0.05, 0) is 30.0 Å². The summed E-state index contributed by atoms with van der Waals surface area (Å²) in [6.07, 6.45) is 0. The molecule has 4 nitrogen and oxygen atoms in total. The first-order valence-corrected chi connectivity index (χ1v) is 8.57. The van der Waals surface area contributed by atoms with Gasteiger partial charge in [-0.2, -0.15) is 0 Å². The van der Waals surface area contributed by atoms with Crippen LogP contribution in [0.25, 0.3) is 0 Å². The lowest BCUT2D eigenvalue weighted by Crippen LogP contribution is -2.51. The van der Waals surface area contributed by atoms with Crippen LogP contribution in [0.3, 0.4) is 0 Å². The van der Waals surface area contributed by atoms with Gasteiger partial charge in [-0.15, -0.1) is 0 Å². The fourth-order valence-corrected chi connectivity index (χ4v) is 3.15. The number of esters is 1. The number of carbonyl (C=O) groups excluding carboxylic acids is 2. The second kappa shape index (κ2) is 6.71. The number of benzene rings is 2. The molecule has 1 aliphatic rings. The number of fused-ring (bicyclic) bond motifs is 1. The molecule has 1 heterocycles. The van der Waals surface area contributed by atoms with Crippen molar-refractivity contribution in [1.29, 1.82) is 0 Å². The molecule has 1 atom stereocenters. The van der Waals surface area contributed by atoms with Crippen LogP contribution in [0, 0.1) is 5.92 Å². The topological polar surface area (TPSA) is 46.6 Å². The number of rotatable bonds is 5. The van der Waals surface area contributed by atoms with Gasteiger partial charge in [0.15, 0.2) is 5.54 Å². The van der Waals surface area contributed by atoms with Crippen LogP contribution in [0.1, 0.15) is 42.3 Å². The summed E-state index contributed by atoms with van der Waals surface area (Å²) in [5, 5.41) is 0. The average molecular weight is 337 g/mol. The third-order valence-electron chi connectivity index (χ3n) is 4.64. The molecule has 0 saturated carbocycles. The molecule has 2 aromatic rings. The number of ether oxygens (including phenoxy) is 1. The van der Waals surface area contributed by atoms with Crippen LogP contribution in [0.5, 0.6) is 0 Å². The van der Waals surface area contributed by atoms with E-state index in [1.807, 2.05) is 68.4 Å². The Labute approximate surface area is 148 Å². The maximum atomic E-state index is 13.0. The second-order valence-electron chi connectivity index (χ2n) is 6.98. The molecule has 0 N–H and O–H groups in total. The first-order chi connectivity index (χ1) is 11.9. The Balaban J connectivity index is 2.01. The minimum Gasteiger partial charge on any atom is -0.463 e. The SMILES string of the molecule is CC(C)COC(=O)C(C)(c1ccccc1)N1Cc2ccccc2C1=O. The lowest BCUT2D eigenvalue weighted by molar-refractivity contribution is -0.157. The van der Waals surface area contributed by atoms with Crippen molar-refractivity contribution < 1.29 is 14.3 Å². The smallest absolute Gasteiger partial charge is 0.336 e. The van der Waals surface area contributed by atoms with Crippen molar-refractivity contribution in [2.24, 2.45) is 5.92 Å². The molecule has 0 saturated heterocycles. The van der Waals surface area contributed by atoms with Crippen LogP contribution in [0.4, 0.5) is 0 Å². The number of carbonyl (C=O) groups is 2. The van der Waals surface area contributed by atoms with Gasteiger partial charge in [0.25, 0.3) is 5.91 Å². The zero-order chi connectivity index (χ0) is 18.0. The average Bonchev–Trinajstić information content (AvgIpc) is 2.97. The Hall–Kier alpha value is -2.62. The van der Waals surface area contributed by atoms with E-state index in [0.29, 0.717) is 18.7 Å². The molecule has 0 aliphatic carbocycles. The van der Waals surface area contributed by atoms with Crippen LogP contribution in [-0.4, -0.2) is 23.4 Å². The van der Waals surface area contributed by atoms with Crippen molar-refractivity contribution in [3.05, 3.63) is 71.3 Å². The van der Waals surface area contributed by atoms with E-state index in [1.165, 1.54) is 0 Å². The molecule has 0 radical (unpaired) electrons. The zero-order valence-corrected chi connectivity index (χ0v) is 14.9. The molecule has 25 heavy (non-hydrogen) atoms. The highest BCUT2D eigenvalue weighted by atomic mass is 16.5. The van der Waals surface area contributed by atoms with Crippen molar-refractivity contribution >= 4 is 11.9 Å². The summed E-state index contributed by atoms with van der Waals surface area (Å²) < 4.78 is 5.55. The van der Waals surface area contributed by atoms with Crippen LogP contribution < -0.4 is 0 Å². The van der Waals surface area contributed by atoms with E-state index < -0.39 is 11.5 Å². The number of nitrogens with zero attached hydrogens (tertiary/aromatic N) is 1. The normalized spacial score (nSPS) is 15.8. The van der Waals surface area contributed by atoms with Crippen LogP contribution in [-0.2, 0) is 21.6 Å². The van der Waals surface area contributed by atoms with Gasteiger partial charge in [0.2, 0.25) is 0 Å². The van der Waals surface area contributed by atoms with Gasteiger partial charge in [-0.1, -0.05) is 62.4 Å². The molecule has 4 heteroatoms. The third-order valence-corrected chi connectivity index (χ3v) is 4.64. The molecule has 1 aliphatic heterocycles. The highest BCUT2D eigenvalue weighted by Crippen LogP contribution is 2.37. The van der Waals surface area contributed by atoms with Crippen molar-refractivity contribution in [3.8, 4) is 0 Å². The first-order valence-electron chi connectivity index (χ1n) is 8.57. The molecule has 1 unspecified atom stereocenters. The monoisotopic (exact) mass is 337 g/mol. The van der Waals surface area contributed by atoms with Gasteiger partial charge < -0.3 is 9.64 Å². The Morgan fingerprint density at radius 2 is 1.76 bits per heavy atom. The predicted octanol–water partition coefficient (Wildman–Crippen LogP) is 3.76. The summed E-state index contributed by atoms with van der Waals surface area (Å²) in [7, 11) is 0. The number of hydrogen-bond acceptors (Lipinski definition) is 3. The number of amides is 1. The van der Waals surface area contributed by atoms with Gasteiger partial charge in [0.05, 0.1) is 6.61 Å². The van der Waals surface area contributed by atoms with E-state index in [-0.39, 0.29) is 11.8 Å². The maximum absolute atomic E-state index is 13.0. The molecular weight excluding hydrogens is 314 g/mol. The Morgan fingerprint density at radius 3 is 2.40 bits per heavy atom. The molecule has 1 amide bonds. The molecule has 130 valence electrons. The molecule has 3 rings (SSSR count). The molecular formula is C21H23NO3. The lowest BCUT2D eigenvalue weighted by atomic mass is 9.90. The Kier molecular flexibility index (Phi) is 4.62. The van der Waals surface area contributed by atoms with Gasteiger partial charge in [0.1, 0.15) is 0 Å². The van der Waals surface area contributed by atoms with E-state index in [0.717, 1.165) is 11.1 Å². The Morgan fingerprint density at radius 1 is 1.12 bits per heavy atom. The van der Waals surface area contributed by atoms with Crippen LogP contribution in [0.15, 0.2) is 54.6 Å². The minimum atomic E-state index is -1.16. The van der Waals surface area contributed by atoms with Gasteiger partial charge in [-0.25, -0.2) is 4.79 Å². The standard InChI is InChI=1S/C21H23NO3/c1-15(2)14-25-20(24)21(3,17-10-5-4-6-11-17)22-13-16-9-7-8-12-18(16)19(22)23/h4-12,15H,13-14H2,1-3H3. The highest BCUT2D eigenvalue weighted by Gasteiger charge is 2.48. The van der Waals surface area contributed by atoms with E-state index in [1.54, 1.807) is 11.8 Å². The van der Waals surface area contributed by atoms with E-state index >= 15 is 0 Å². The Bertz CT molecular complexity index is 785. The molecule has 0 fully saturated rings. The minimum absolute atomic E-state index is 0.136. The molecule has 0 bridgehead atoms. The van der Waals surface area contributed by atoms with Gasteiger partial charge >= 0.3 is 5.97 Å². The quantitative estimate of drug-likeness (QED) is 0.781. The third kappa shape index (κ3) is 3.04. The van der Waals surface area contributed by atoms with Gasteiger partial charge in [0, 0.05) is 12.1 Å². The van der Waals surface area contributed by atoms with Gasteiger partial charge in [-0.3, -0.25) is 4.79 Å².